The maximum absolute atomic E-state index is 12.6. The van der Waals surface area contributed by atoms with E-state index in [0.717, 1.165) is 31.3 Å². The third-order valence-corrected chi connectivity index (χ3v) is 11.2. The predicted molar refractivity (Wildman–Crippen MR) is 141 cm³/mol. The minimum atomic E-state index is -3.52. The Morgan fingerprint density at radius 1 is 1.32 bits per heavy atom. The van der Waals surface area contributed by atoms with Crippen LogP contribution >= 0.6 is 11.6 Å². The highest BCUT2D eigenvalue weighted by Gasteiger charge is 2.46. The largest absolute Gasteiger partial charge is 0.393 e. The highest BCUT2D eigenvalue weighted by molar-refractivity contribution is 7.98. The molecule has 3 rings (SSSR count). The Kier molecular flexibility index (Phi) is 8.14. The van der Waals surface area contributed by atoms with Gasteiger partial charge in [-0.25, -0.2) is 8.42 Å². The second-order valence-electron chi connectivity index (χ2n) is 11.5. The number of fused-ring (bicyclic) bond motifs is 1. The summed E-state index contributed by atoms with van der Waals surface area (Å²) in [7, 11) is -3.52. The summed E-state index contributed by atoms with van der Waals surface area (Å²) in [5, 5.41) is 20.2. The summed E-state index contributed by atoms with van der Waals surface area (Å²) in [6.07, 6.45) is 12.8. The van der Waals surface area contributed by atoms with Gasteiger partial charge in [-0.05, 0) is 87.7 Å². The Morgan fingerprint density at radius 3 is 2.65 bits per heavy atom. The normalized spacial score (nSPS) is 34.4. The first kappa shape index (κ1) is 27.4. The van der Waals surface area contributed by atoms with E-state index in [4.69, 9.17) is 11.6 Å². The van der Waals surface area contributed by atoms with E-state index in [1.54, 1.807) is 26.8 Å². The number of hydrogen-bond acceptors (Lipinski definition) is 4. The van der Waals surface area contributed by atoms with E-state index in [0.29, 0.717) is 30.8 Å². The summed E-state index contributed by atoms with van der Waals surface area (Å²) < 4.78 is 24.3. The standard InChI is InChI=1S/C28H41ClO4S/c1-18(9-14-26(29)34(32,33)27(3,4)5)23-12-13-24-20(8-7-15-28(23,24)6)10-11-21-16-22(30)17-25(31)19(21)2/h10-12,14,18,22,24-25,30-31H,2,7-9,13,15-17H2,1,3-6H3/t18-,22-,24+,25+,28-/m1/s1. The molecule has 34 heavy (non-hydrogen) atoms. The van der Waals surface area contributed by atoms with Crippen molar-refractivity contribution in [3.63, 3.8) is 0 Å². The lowest BCUT2D eigenvalue weighted by Crippen LogP contribution is -2.32. The highest BCUT2D eigenvalue weighted by Crippen LogP contribution is 2.57. The zero-order valence-corrected chi connectivity index (χ0v) is 22.8. The molecule has 2 saturated carbocycles. The molecule has 0 aromatic carbocycles. The summed E-state index contributed by atoms with van der Waals surface area (Å²) >= 11 is 6.25. The van der Waals surface area contributed by atoms with Gasteiger partial charge in [0.25, 0.3) is 0 Å². The minimum Gasteiger partial charge on any atom is -0.393 e. The molecule has 0 spiro atoms. The molecule has 2 N–H and O–H groups in total. The van der Waals surface area contributed by atoms with Gasteiger partial charge in [-0.1, -0.05) is 67.5 Å². The molecular weight excluding hydrogens is 468 g/mol. The zero-order valence-electron chi connectivity index (χ0n) is 21.3. The average molecular weight is 509 g/mol. The van der Waals surface area contributed by atoms with Gasteiger partial charge in [-0.2, -0.15) is 0 Å². The van der Waals surface area contributed by atoms with E-state index < -0.39 is 26.8 Å². The fraction of sp³-hybridized carbons (Fsp3) is 0.643. The van der Waals surface area contributed by atoms with Gasteiger partial charge in [-0.15, -0.1) is 0 Å². The van der Waals surface area contributed by atoms with Crippen LogP contribution in [0.25, 0.3) is 0 Å². The number of hydrogen-bond donors (Lipinski definition) is 2. The number of sulfone groups is 1. The Hall–Kier alpha value is -1.14. The lowest BCUT2D eigenvalue weighted by molar-refractivity contribution is 0.0862. The van der Waals surface area contributed by atoms with E-state index in [2.05, 4.69) is 38.7 Å². The molecule has 2 fully saturated rings. The predicted octanol–water partition coefficient (Wildman–Crippen LogP) is 6.37. The van der Waals surface area contributed by atoms with Crippen LogP contribution in [0.15, 0.2) is 57.5 Å². The maximum Gasteiger partial charge on any atom is 0.193 e. The summed E-state index contributed by atoms with van der Waals surface area (Å²) in [5.74, 6) is 0.625. The molecule has 5 atom stereocenters. The molecule has 0 aliphatic heterocycles. The summed E-state index contributed by atoms with van der Waals surface area (Å²) in [6, 6.07) is 0. The number of halogens is 1. The van der Waals surface area contributed by atoms with Crippen LogP contribution in [0.1, 0.15) is 79.6 Å². The topological polar surface area (TPSA) is 74.6 Å². The van der Waals surface area contributed by atoms with Crippen molar-refractivity contribution in [2.24, 2.45) is 17.3 Å². The van der Waals surface area contributed by atoms with Crippen LogP contribution in [0.4, 0.5) is 0 Å². The van der Waals surface area contributed by atoms with E-state index >= 15 is 0 Å². The van der Waals surface area contributed by atoms with Crippen LogP contribution in [0.3, 0.4) is 0 Å². The molecular formula is C28H41ClO4S. The van der Waals surface area contributed by atoms with Gasteiger partial charge in [0.05, 0.1) is 17.0 Å². The number of allylic oxidation sites excluding steroid dienone is 6. The minimum absolute atomic E-state index is 0.0494. The third-order valence-electron chi connectivity index (χ3n) is 8.10. The fourth-order valence-electron chi connectivity index (χ4n) is 5.88. The van der Waals surface area contributed by atoms with Crippen LogP contribution in [-0.2, 0) is 9.84 Å². The first-order valence-corrected chi connectivity index (χ1v) is 14.3. The van der Waals surface area contributed by atoms with E-state index in [-0.39, 0.29) is 15.7 Å². The molecule has 190 valence electrons. The van der Waals surface area contributed by atoms with E-state index in [1.165, 1.54) is 11.1 Å². The van der Waals surface area contributed by atoms with Gasteiger partial charge in [0.2, 0.25) is 0 Å². The lowest BCUT2D eigenvalue weighted by Gasteiger charge is -2.42. The van der Waals surface area contributed by atoms with E-state index in [1.807, 2.05) is 0 Å². The van der Waals surface area contributed by atoms with Gasteiger partial charge in [0, 0.05) is 6.42 Å². The van der Waals surface area contributed by atoms with Crippen molar-refractivity contribution in [1.29, 1.82) is 0 Å². The smallest absolute Gasteiger partial charge is 0.193 e. The maximum atomic E-state index is 12.6. The Morgan fingerprint density at radius 2 is 2.00 bits per heavy atom. The monoisotopic (exact) mass is 508 g/mol. The van der Waals surface area contributed by atoms with Crippen molar-refractivity contribution < 1.29 is 18.6 Å². The molecule has 6 heteroatoms. The molecule has 0 heterocycles. The van der Waals surface area contributed by atoms with Crippen molar-refractivity contribution in [2.45, 2.75) is 96.5 Å². The molecule has 0 amide bonds. The van der Waals surface area contributed by atoms with E-state index in [9.17, 15) is 18.6 Å². The second-order valence-corrected chi connectivity index (χ2v) is 14.9. The first-order chi connectivity index (χ1) is 15.7. The van der Waals surface area contributed by atoms with Crippen molar-refractivity contribution in [1.82, 2.24) is 0 Å². The van der Waals surface area contributed by atoms with Crippen molar-refractivity contribution in [3.8, 4) is 0 Å². The average Bonchev–Trinajstić information content (AvgIpc) is 3.09. The van der Waals surface area contributed by atoms with Crippen molar-refractivity contribution in [2.75, 3.05) is 0 Å². The van der Waals surface area contributed by atoms with Crippen LogP contribution in [-0.4, -0.2) is 35.6 Å². The fourth-order valence-corrected chi connectivity index (χ4v) is 7.56. The number of aliphatic hydroxyl groups is 2. The summed E-state index contributed by atoms with van der Waals surface area (Å²) in [5.41, 5.74) is 4.51. The van der Waals surface area contributed by atoms with Gasteiger partial charge >= 0.3 is 0 Å². The molecule has 0 saturated heterocycles. The zero-order chi connectivity index (χ0) is 25.5. The Bertz CT molecular complexity index is 1040. The van der Waals surface area contributed by atoms with Gasteiger partial charge in [0.15, 0.2) is 9.84 Å². The van der Waals surface area contributed by atoms with Gasteiger partial charge in [-0.3, -0.25) is 0 Å². The molecule has 3 aliphatic rings. The Labute approximate surface area is 211 Å². The third kappa shape index (κ3) is 5.33. The SMILES string of the molecule is C=C1C(=CC=C2CCC[C@]3(C)C([C@H](C)CC=C(Cl)S(=O)(=O)C(C)(C)C)=CC[C@@H]23)C[C@@H](O)C[C@@H]1O. The molecule has 3 aliphatic carbocycles. The molecule has 0 aromatic rings. The molecule has 0 aromatic heterocycles. The van der Waals surface area contributed by atoms with Gasteiger partial charge in [0.1, 0.15) is 4.36 Å². The van der Waals surface area contributed by atoms with Crippen molar-refractivity contribution in [3.05, 3.63) is 57.5 Å². The number of rotatable bonds is 5. The highest BCUT2D eigenvalue weighted by atomic mass is 35.5. The quantitative estimate of drug-likeness (QED) is 0.423. The van der Waals surface area contributed by atoms with Gasteiger partial charge < -0.3 is 10.2 Å². The number of aliphatic hydroxyl groups excluding tert-OH is 2. The van der Waals surface area contributed by atoms with Crippen LogP contribution < -0.4 is 0 Å². The molecule has 0 unspecified atom stereocenters. The summed E-state index contributed by atoms with van der Waals surface area (Å²) in [6.45, 7) is 13.5. The first-order valence-electron chi connectivity index (χ1n) is 12.4. The second kappa shape index (κ2) is 10.1. The van der Waals surface area contributed by atoms with Crippen LogP contribution in [0.2, 0.25) is 0 Å². The Balaban J connectivity index is 1.77. The van der Waals surface area contributed by atoms with Crippen LogP contribution in [0.5, 0.6) is 0 Å². The molecule has 0 bridgehead atoms. The van der Waals surface area contributed by atoms with Crippen LogP contribution in [0, 0.1) is 17.3 Å². The molecule has 4 nitrogen and oxygen atoms in total. The lowest BCUT2D eigenvalue weighted by atomic mass is 9.62. The summed E-state index contributed by atoms with van der Waals surface area (Å²) in [4.78, 5) is 0. The van der Waals surface area contributed by atoms with Crippen molar-refractivity contribution >= 4 is 21.4 Å². The molecule has 0 radical (unpaired) electrons.